The molecule has 1 rings (SSSR count). The van der Waals surface area contributed by atoms with Crippen molar-refractivity contribution >= 4 is 15.9 Å². The largest absolute Gasteiger partial charge is 0.396 e. The monoisotopic (exact) mass is 305 g/mol. The van der Waals surface area contributed by atoms with E-state index in [1.807, 2.05) is 0 Å². The zero-order valence-electron chi connectivity index (χ0n) is 11.4. The Bertz CT molecular complexity index is 194. The van der Waals surface area contributed by atoms with Crippen LogP contribution in [0.3, 0.4) is 0 Å². The fourth-order valence-electron chi connectivity index (χ4n) is 2.55. The number of aliphatic hydroxyl groups excluding tert-OH is 1. The van der Waals surface area contributed by atoms with Gasteiger partial charge in [-0.25, -0.2) is 0 Å². The summed E-state index contributed by atoms with van der Waals surface area (Å²) in [7, 11) is 0. The van der Waals surface area contributed by atoms with Crippen LogP contribution in [0.15, 0.2) is 0 Å². The van der Waals surface area contributed by atoms with Crippen LogP contribution in [-0.4, -0.2) is 41.1 Å². The SMILES string of the molecule is CCC(CC)(CBr)CN(CCCO)C1CCC1. The predicted molar refractivity (Wildman–Crippen MR) is 77.7 cm³/mol. The van der Waals surface area contributed by atoms with Gasteiger partial charge in [-0.1, -0.05) is 36.2 Å². The number of nitrogens with zero attached hydrogens (tertiary/aromatic N) is 1. The summed E-state index contributed by atoms with van der Waals surface area (Å²) in [5.74, 6) is 0. The van der Waals surface area contributed by atoms with Crippen LogP contribution in [0.2, 0.25) is 0 Å². The average molecular weight is 306 g/mol. The fourth-order valence-corrected chi connectivity index (χ4v) is 3.52. The van der Waals surface area contributed by atoms with E-state index in [0.717, 1.165) is 24.3 Å². The van der Waals surface area contributed by atoms with Gasteiger partial charge in [-0.05, 0) is 37.5 Å². The van der Waals surface area contributed by atoms with E-state index >= 15 is 0 Å². The number of alkyl halides is 1. The van der Waals surface area contributed by atoms with Crippen molar-refractivity contribution in [3.8, 4) is 0 Å². The van der Waals surface area contributed by atoms with E-state index in [-0.39, 0.29) is 0 Å². The summed E-state index contributed by atoms with van der Waals surface area (Å²) in [6, 6.07) is 0.790. The molecule has 0 aromatic heterocycles. The van der Waals surface area contributed by atoms with Gasteiger partial charge in [0.05, 0.1) is 0 Å². The van der Waals surface area contributed by atoms with Crippen LogP contribution in [-0.2, 0) is 0 Å². The topological polar surface area (TPSA) is 23.5 Å². The molecule has 1 N–H and O–H groups in total. The second-order valence-electron chi connectivity index (χ2n) is 5.47. The summed E-state index contributed by atoms with van der Waals surface area (Å²) >= 11 is 3.70. The highest BCUT2D eigenvalue weighted by Crippen LogP contribution is 2.34. The third-order valence-corrected chi connectivity index (χ3v) is 5.71. The smallest absolute Gasteiger partial charge is 0.0443 e. The molecule has 0 radical (unpaired) electrons. The van der Waals surface area contributed by atoms with Gasteiger partial charge in [0, 0.05) is 31.1 Å². The van der Waals surface area contributed by atoms with Crippen molar-refractivity contribution in [1.82, 2.24) is 4.90 Å². The minimum absolute atomic E-state index is 0.322. The summed E-state index contributed by atoms with van der Waals surface area (Å²) in [6.07, 6.45) is 7.49. The molecule has 0 aromatic carbocycles. The molecule has 0 aromatic rings. The molecule has 3 heteroatoms. The molecule has 0 aliphatic heterocycles. The highest BCUT2D eigenvalue weighted by molar-refractivity contribution is 9.09. The molecular weight excluding hydrogens is 278 g/mol. The van der Waals surface area contributed by atoms with E-state index in [1.54, 1.807) is 0 Å². The molecule has 1 saturated carbocycles. The molecule has 1 fully saturated rings. The maximum atomic E-state index is 9.02. The lowest BCUT2D eigenvalue weighted by Gasteiger charge is -2.43. The second kappa shape index (κ2) is 7.75. The summed E-state index contributed by atoms with van der Waals surface area (Å²) < 4.78 is 0. The maximum absolute atomic E-state index is 9.02. The van der Waals surface area contributed by atoms with Crippen LogP contribution >= 0.6 is 15.9 Å². The Morgan fingerprint density at radius 3 is 2.29 bits per heavy atom. The summed E-state index contributed by atoms with van der Waals surface area (Å²) in [5.41, 5.74) is 0.422. The minimum atomic E-state index is 0.322. The Morgan fingerprint density at radius 2 is 1.94 bits per heavy atom. The molecule has 0 spiro atoms. The molecule has 0 amide bonds. The van der Waals surface area contributed by atoms with Gasteiger partial charge in [0.25, 0.3) is 0 Å². The van der Waals surface area contributed by atoms with Gasteiger partial charge in [0.1, 0.15) is 0 Å². The van der Waals surface area contributed by atoms with Crippen LogP contribution in [0.4, 0.5) is 0 Å². The quantitative estimate of drug-likeness (QED) is 0.660. The van der Waals surface area contributed by atoms with Crippen molar-refractivity contribution < 1.29 is 5.11 Å². The summed E-state index contributed by atoms with van der Waals surface area (Å²) in [5, 5.41) is 10.1. The first kappa shape index (κ1) is 15.5. The lowest BCUT2D eigenvalue weighted by atomic mass is 9.82. The molecule has 0 bridgehead atoms. The zero-order chi connectivity index (χ0) is 12.7. The highest BCUT2D eigenvalue weighted by atomic mass is 79.9. The average Bonchev–Trinajstić information content (AvgIpc) is 2.30. The Labute approximate surface area is 115 Å². The normalized spacial score (nSPS) is 17.5. The molecule has 2 nitrogen and oxygen atoms in total. The first-order valence-corrected chi connectivity index (χ1v) is 8.24. The summed E-state index contributed by atoms with van der Waals surface area (Å²) in [6.45, 7) is 7.18. The van der Waals surface area contributed by atoms with Crippen molar-refractivity contribution in [3.05, 3.63) is 0 Å². The van der Waals surface area contributed by atoms with Crippen molar-refractivity contribution in [2.24, 2.45) is 5.41 Å². The lowest BCUT2D eigenvalue weighted by Crippen LogP contribution is -2.47. The molecule has 0 atom stereocenters. The van der Waals surface area contributed by atoms with Crippen molar-refractivity contribution in [2.75, 3.05) is 25.0 Å². The Kier molecular flexibility index (Phi) is 7.05. The first-order chi connectivity index (χ1) is 8.21. The molecule has 1 aliphatic carbocycles. The maximum Gasteiger partial charge on any atom is 0.0443 e. The van der Waals surface area contributed by atoms with Gasteiger partial charge >= 0.3 is 0 Å². The van der Waals surface area contributed by atoms with E-state index in [4.69, 9.17) is 5.11 Å². The van der Waals surface area contributed by atoms with E-state index < -0.39 is 0 Å². The van der Waals surface area contributed by atoms with Crippen LogP contribution in [0.25, 0.3) is 0 Å². The Balaban J connectivity index is 2.55. The fraction of sp³-hybridized carbons (Fsp3) is 1.00. The zero-order valence-corrected chi connectivity index (χ0v) is 13.0. The number of hydrogen-bond donors (Lipinski definition) is 1. The Hall–Kier alpha value is 0.400. The van der Waals surface area contributed by atoms with Crippen molar-refractivity contribution in [3.63, 3.8) is 0 Å². The van der Waals surface area contributed by atoms with Gasteiger partial charge in [-0.15, -0.1) is 0 Å². The number of aliphatic hydroxyl groups is 1. The lowest BCUT2D eigenvalue weighted by molar-refractivity contribution is 0.0675. The molecule has 0 saturated heterocycles. The molecule has 1 aliphatic rings. The predicted octanol–water partition coefficient (Wildman–Crippen LogP) is 3.42. The van der Waals surface area contributed by atoms with Crippen LogP contribution in [0.5, 0.6) is 0 Å². The molecule has 0 heterocycles. The third-order valence-electron chi connectivity index (χ3n) is 4.52. The van der Waals surface area contributed by atoms with Gasteiger partial charge in [0.15, 0.2) is 0 Å². The van der Waals surface area contributed by atoms with E-state index in [1.165, 1.54) is 38.6 Å². The Morgan fingerprint density at radius 1 is 1.29 bits per heavy atom. The standard InChI is InChI=1S/C14H28BrNO/c1-3-14(4-2,11-15)12-16(9-6-10-17)13-7-5-8-13/h13,17H,3-12H2,1-2H3. The van der Waals surface area contributed by atoms with E-state index in [9.17, 15) is 0 Å². The summed E-state index contributed by atoms with van der Waals surface area (Å²) in [4.78, 5) is 2.63. The van der Waals surface area contributed by atoms with Crippen LogP contribution in [0, 0.1) is 5.41 Å². The van der Waals surface area contributed by atoms with Gasteiger partial charge in [0.2, 0.25) is 0 Å². The van der Waals surface area contributed by atoms with Gasteiger partial charge in [-0.3, -0.25) is 4.90 Å². The first-order valence-electron chi connectivity index (χ1n) is 7.12. The molecule has 0 unspecified atom stereocenters. The van der Waals surface area contributed by atoms with E-state index in [2.05, 4.69) is 34.7 Å². The molecule has 102 valence electrons. The number of rotatable bonds is 9. The highest BCUT2D eigenvalue weighted by Gasteiger charge is 2.32. The molecule has 17 heavy (non-hydrogen) atoms. The van der Waals surface area contributed by atoms with Crippen LogP contribution in [0.1, 0.15) is 52.4 Å². The number of halogens is 1. The second-order valence-corrected chi connectivity index (χ2v) is 6.03. The van der Waals surface area contributed by atoms with Crippen molar-refractivity contribution in [1.29, 1.82) is 0 Å². The van der Waals surface area contributed by atoms with Crippen LogP contribution < -0.4 is 0 Å². The third kappa shape index (κ3) is 4.22. The minimum Gasteiger partial charge on any atom is -0.396 e. The van der Waals surface area contributed by atoms with E-state index in [0.29, 0.717) is 12.0 Å². The number of hydrogen-bond acceptors (Lipinski definition) is 2. The molecular formula is C14H28BrNO. The van der Waals surface area contributed by atoms with Crippen molar-refractivity contribution in [2.45, 2.75) is 58.4 Å². The van der Waals surface area contributed by atoms with Gasteiger partial charge < -0.3 is 5.11 Å². The van der Waals surface area contributed by atoms with Gasteiger partial charge in [-0.2, -0.15) is 0 Å².